The van der Waals surface area contributed by atoms with Crippen LogP contribution in [-0.2, 0) is 12.8 Å². The van der Waals surface area contributed by atoms with E-state index in [4.69, 9.17) is 4.74 Å². The molecule has 1 aliphatic heterocycles. The van der Waals surface area contributed by atoms with Gasteiger partial charge < -0.3 is 4.74 Å². The van der Waals surface area contributed by atoms with Crippen molar-refractivity contribution in [2.24, 2.45) is 0 Å². The molecule has 0 bridgehead atoms. The molecule has 1 heterocycles. The molecule has 2 aromatic rings. The topological polar surface area (TPSA) is 12.5 Å². The number of hydrogen-bond donors (Lipinski definition) is 0. The standard InChI is InChI=1S/C22H28FNO/c1-4-19(5-2)24-12-10-17-7-8-20(15-18(17)11-13-24)25-22-9-6-16(3)14-21(22)23/h6-9,14-15,19H,4-5,10-13H2,1-3H3. The lowest BCUT2D eigenvalue weighted by molar-refractivity contribution is 0.194. The molecule has 0 radical (unpaired) electrons. The fourth-order valence-corrected chi connectivity index (χ4v) is 3.77. The van der Waals surface area contributed by atoms with Gasteiger partial charge in [-0.2, -0.15) is 0 Å². The first-order valence-corrected chi connectivity index (χ1v) is 9.40. The minimum Gasteiger partial charge on any atom is -0.454 e. The van der Waals surface area contributed by atoms with Gasteiger partial charge in [0.25, 0.3) is 0 Å². The number of hydrogen-bond acceptors (Lipinski definition) is 2. The highest BCUT2D eigenvalue weighted by Gasteiger charge is 2.19. The Morgan fingerprint density at radius 3 is 2.40 bits per heavy atom. The Labute approximate surface area is 150 Å². The van der Waals surface area contributed by atoms with Gasteiger partial charge in [0.05, 0.1) is 0 Å². The fourth-order valence-electron chi connectivity index (χ4n) is 3.77. The van der Waals surface area contributed by atoms with E-state index in [9.17, 15) is 4.39 Å². The van der Waals surface area contributed by atoms with Crippen molar-refractivity contribution in [2.45, 2.75) is 52.5 Å². The van der Waals surface area contributed by atoms with Crippen molar-refractivity contribution >= 4 is 0 Å². The molecule has 0 saturated heterocycles. The van der Waals surface area contributed by atoms with E-state index in [1.54, 1.807) is 6.07 Å². The molecule has 0 unspecified atom stereocenters. The van der Waals surface area contributed by atoms with Crippen molar-refractivity contribution in [3.05, 3.63) is 58.9 Å². The lowest BCUT2D eigenvalue weighted by Gasteiger charge is -2.28. The molecule has 2 aromatic carbocycles. The van der Waals surface area contributed by atoms with Gasteiger partial charge in [0.15, 0.2) is 11.6 Å². The van der Waals surface area contributed by atoms with Crippen LogP contribution < -0.4 is 4.74 Å². The highest BCUT2D eigenvalue weighted by molar-refractivity contribution is 5.40. The third-order valence-corrected chi connectivity index (χ3v) is 5.29. The van der Waals surface area contributed by atoms with Crippen LogP contribution in [0.3, 0.4) is 0 Å². The van der Waals surface area contributed by atoms with Crippen LogP contribution in [0.5, 0.6) is 11.5 Å². The largest absolute Gasteiger partial charge is 0.454 e. The maximum Gasteiger partial charge on any atom is 0.165 e. The molecule has 0 fully saturated rings. The summed E-state index contributed by atoms with van der Waals surface area (Å²) in [7, 11) is 0. The van der Waals surface area contributed by atoms with Crippen LogP contribution in [0.4, 0.5) is 4.39 Å². The quantitative estimate of drug-likeness (QED) is 0.710. The molecule has 0 aromatic heterocycles. The number of benzene rings is 2. The van der Waals surface area contributed by atoms with Crippen LogP contribution in [0.25, 0.3) is 0 Å². The molecule has 2 nitrogen and oxygen atoms in total. The second-order valence-corrected chi connectivity index (χ2v) is 6.97. The van der Waals surface area contributed by atoms with Gasteiger partial charge in [-0.15, -0.1) is 0 Å². The minimum atomic E-state index is -0.310. The highest BCUT2D eigenvalue weighted by atomic mass is 19.1. The fraction of sp³-hybridized carbons (Fsp3) is 0.455. The van der Waals surface area contributed by atoms with E-state index in [0.717, 1.165) is 37.2 Å². The maximum atomic E-state index is 14.0. The molecule has 134 valence electrons. The molecule has 0 N–H and O–H groups in total. The average molecular weight is 341 g/mol. The van der Waals surface area contributed by atoms with Crippen molar-refractivity contribution in [3.63, 3.8) is 0 Å². The van der Waals surface area contributed by atoms with Crippen molar-refractivity contribution < 1.29 is 9.13 Å². The summed E-state index contributed by atoms with van der Waals surface area (Å²) in [6, 6.07) is 11.9. The smallest absolute Gasteiger partial charge is 0.165 e. The molecule has 0 aliphatic carbocycles. The van der Waals surface area contributed by atoms with E-state index in [0.29, 0.717) is 6.04 Å². The lowest BCUT2D eigenvalue weighted by atomic mass is 10.0. The molecule has 3 heteroatoms. The Balaban J connectivity index is 1.75. The predicted molar refractivity (Wildman–Crippen MR) is 101 cm³/mol. The van der Waals surface area contributed by atoms with Gasteiger partial charge in [0.2, 0.25) is 0 Å². The molecule has 3 rings (SSSR count). The summed E-state index contributed by atoms with van der Waals surface area (Å²) >= 11 is 0. The van der Waals surface area contributed by atoms with Crippen LogP contribution in [0, 0.1) is 12.7 Å². The summed E-state index contributed by atoms with van der Waals surface area (Å²) in [4.78, 5) is 2.61. The van der Waals surface area contributed by atoms with Gasteiger partial charge in [-0.25, -0.2) is 4.39 Å². The molecule has 0 amide bonds. The van der Waals surface area contributed by atoms with Crippen LogP contribution in [0.1, 0.15) is 43.4 Å². The zero-order valence-electron chi connectivity index (χ0n) is 15.5. The zero-order chi connectivity index (χ0) is 17.8. The van der Waals surface area contributed by atoms with Gasteiger partial charge in [-0.05, 0) is 73.6 Å². The summed E-state index contributed by atoms with van der Waals surface area (Å²) in [5, 5.41) is 0. The second-order valence-electron chi connectivity index (χ2n) is 6.97. The van der Waals surface area contributed by atoms with Crippen molar-refractivity contribution in [2.75, 3.05) is 13.1 Å². The van der Waals surface area contributed by atoms with Gasteiger partial charge in [0, 0.05) is 19.1 Å². The maximum absolute atomic E-state index is 14.0. The third-order valence-electron chi connectivity index (χ3n) is 5.29. The predicted octanol–water partition coefficient (Wildman–Crippen LogP) is 5.52. The Morgan fingerprint density at radius 2 is 1.72 bits per heavy atom. The summed E-state index contributed by atoms with van der Waals surface area (Å²) in [6.45, 7) is 8.62. The van der Waals surface area contributed by atoms with E-state index >= 15 is 0 Å². The molecular formula is C22H28FNO. The molecule has 0 saturated carbocycles. The Morgan fingerprint density at radius 1 is 1.00 bits per heavy atom. The molecule has 1 aliphatic rings. The molecule has 0 spiro atoms. The summed E-state index contributed by atoms with van der Waals surface area (Å²) in [6.07, 6.45) is 4.51. The first kappa shape index (κ1) is 17.9. The normalized spacial score (nSPS) is 15.1. The monoisotopic (exact) mass is 341 g/mol. The molecular weight excluding hydrogens is 313 g/mol. The first-order chi connectivity index (χ1) is 12.1. The molecule has 0 atom stereocenters. The van der Waals surface area contributed by atoms with E-state index in [-0.39, 0.29) is 11.6 Å². The average Bonchev–Trinajstić information content (AvgIpc) is 2.81. The van der Waals surface area contributed by atoms with E-state index in [1.165, 1.54) is 30.0 Å². The molecule has 25 heavy (non-hydrogen) atoms. The number of nitrogens with zero attached hydrogens (tertiary/aromatic N) is 1. The second kappa shape index (κ2) is 8.01. The van der Waals surface area contributed by atoms with Crippen molar-refractivity contribution in [1.29, 1.82) is 0 Å². The first-order valence-electron chi connectivity index (χ1n) is 9.40. The third kappa shape index (κ3) is 4.21. The van der Waals surface area contributed by atoms with E-state index in [1.807, 2.05) is 19.1 Å². The van der Waals surface area contributed by atoms with E-state index < -0.39 is 0 Å². The zero-order valence-corrected chi connectivity index (χ0v) is 15.5. The van der Waals surface area contributed by atoms with Crippen LogP contribution in [-0.4, -0.2) is 24.0 Å². The van der Waals surface area contributed by atoms with Gasteiger partial charge in [-0.1, -0.05) is 26.0 Å². The van der Waals surface area contributed by atoms with Gasteiger partial charge in [0.1, 0.15) is 5.75 Å². The van der Waals surface area contributed by atoms with Crippen LogP contribution in [0.15, 0.2) is 36.4 Å². The number of ether oxygens (including phenoxy) is 1. The Kier molecular flexibility index (Phi) is 5.74. The summed E-state index contributed by atoms with van der Waals surface area (Å²) in [5.41, 5.74) is 3.62. The van der Waals surface area contributed by atoms with Crippen molar-refractivity contribution in [1.82, 2.24) is 4.90 Å². The van der Waals surface area contributed by atoms with Crippen LogP contribution >= 0.6 is 0 Å². The Hall–Kier alpha value is -1.87. The van der Waals surface area contributed by atoms with Crippen molar-refractivity contribution in [3.8, 4) is 11.5 Å². The number of aryl methyl sites for hydroxylation is 1. The van der Waals surface area contributed by atoms with Gasteiger partial charge >= 0.3 is 0 Å². The van der Waals surface area contributed by atoms with Gasteiger partial charge in [-0.3, -0.25) is 4.90 Å². The summed E-state index contributed by atoms with van der Waals surface area (Å²) < 4.78 is 19.8. The minimum absolute atomic E-state index is 0.290. The number of rotatable bonds is 5. The van der Waals surface area contributed by atoms with Crippen LogP contribution in [0.2, 0.25) is 0 Å². The summed E-state index contributed by atoms with van der Waals surface area (Å²) in [5.74, 6) is 0.699. The SMILES string of the molecule is CCC(CC)N1CCc2ccc(Oc3ccc(C)cc3F)cc2CC1. The number of fused-ring (bicyclic) bond motifs is 1. The highest BCUT2D eigenvalue weighted by Crippen LogP contribution is 2.28. The Bertz CT molecular complexity index is 724. The number of halogens is 1. The van der Waals surface area contributed by atoms with E-state index in [2.05, 4.69) is 30.9 Å². The lowest BCUT2D eigenvalue weighted by Crippen LogP contribution is -2.36.